The summed E-state index contributed by atoms with van der Waals surface area (Å²) < 4.78 is 12.3. The van der Waals surface area contributed by atoms with Crippen LogP contribution in [0.3, 0.4) is 0 Å². The van der Waals surface area contributed by atoms with Crippen molar-refractivity contribution < 1.29 is 24.2 Å². The molecule has 2 aromatic carbocycles. The number of cyclic esters (lactones) is 1. The van der Waals surface area contributed by atoms with E-state index in [0.717, 1.165) is 38.7 Å². The van der Waals surface area contributed by atoms with Gasteiger partial charge in [-0.25, -0.2) is 14.6 Å². The highest BCUT2D eigenvalue weighted by atomic mass is 16.6. The summed E-state index contributed by atoms with van der Waals surface area (Å²) in [6.45, 7) is 7.95. The number of nitrogens with zero attached hydrogens (tertiary/aromatic N) is 2. The number of amides is 1. The number of ether oxygens (including phenoxy) is 2. The molecule has 4 heterocycles. The minimum absolute atomic E-state index is 0.0764. The van der Waals surface area contributed by atoms with E-state index in [2.05, 4.69) is 11.4 Å². The topological polar surface area (TPSA) is 120 Å². The second-order valence-corrected chi connectivity index (χ2v) is 11.3. The Kier molecular flexibility index (Phi) is 6.85. The molecule has 2 atom stereocenters. The van der Waals surface area contributed by atoms with Gasteiger partial charge in [0.15, 0.2) is 5.60 Å². The fourth-order valence-corrected chi connectivity index (χ4v) is 5.98. The molecular formula is C33H33N3O6. The van der Waals surface area contributed by atoms with E-state index >= 15 is 0 Å². The zero-order chi connectivity index (χ0) is 29.8. The molecule has 216 valence electrons. The zero-order valence-corrected chi connectivity index (χ0v) is 24.1. The predicted octanol–water partition coefficient (Wildman–Crippen LogP) is 4.55. The number of carbonyl (C=O) groups excluding carboxylic acids is 2. The summed E-state index contributed by atoms with van der Waals surface area (Å²) in [6.07, 6.45) is 0.0457. The Labute approximate surface area is 243 Å². The van der Waals surface area contributed by atoms with Gasteiger partial charge in [0, 0.05) is 22.6 Å². The molecule has 2 aliphatic rings. The fraction of sp³-hybridized carbons (Fsp3) is 0.333. The van der Waals surface area contributed by atoms with Crippen molar-refractivity contribution in [1.82, 2.24) is 14.9 Å². The molecule has 6 rings (SSSR count). The smallest absolute Gasteiger partial charge is 0.407 e. The first kappa shape index (κ1) is 27.7. The third-order valence-electron chi connectivity index (χ3n) is 8.51. The van der Waals surface area contributed by atoms with Crippen molar-refractivity contribution >= 4 is 23.0 Å². The van der Waals surface area contributed by atoms with Gasteiger partial charge in [-0.1, -0.05) is 37.3 Å². The van der Waals surface area contributed by atoms with Crippen molar-refractivity contribution in [2.75, 3.05) is 0 Å². The minimum atomic E-state index is -1.89. The number of aromatic nitrogens is 2. The summed E-state index contributed by atoms with van der Waals surface area (Å²) in [5.41, 5.74) is 5.28. The van der Waals surface area contributed by atoms with Crippen molar-refractivity contribution in [3.63, 3.8) is 0 Å². The molecule has 0 aliphatic carbocycles. The number of nitrogens with one attached hydrogen (secondary N) is 1. The molecule has 0 bridgehead atoms. The summed E-state index contributed by atoms with van der Waals surface area (Å²) >= 11 is 0. The number of rotatable bonds is 6. The largest absolute Gasteiger partial charge is 0.458 e. The molecule has 42 heavy (non-hydrogen) atoms. The Morgan fingerprint density at radius 1 is 1.14 bits per heavy atom. The Bertz CT molecular complexity index is 1810. The van der Waals surface area contributed by atoms with Crippen LogP contribution in [0.2, 0.25) is 0 Å². The van der Waals surface area contributed by atoms with Gasteiger partial charge >= 0.3 is 12.1 Å². The molecule has 0 saturated heterocycles. The van der Waals surface area contributed by atoms with E-state index in [1.165, 1.54) is 0 Å². The van der Waals surface area contributed by atoms with Gasteiger partial charge in [-0.05, 0) is 74.1 Å². The van der Waals surface area contributed by atoms with Crippen molar-refractivity contribution in [2.24, 2.45) is 0 Å². The lowest BCUT2D eigenvalue weighted by atomic mass is 9.86. The number of fused-ring (bicyclic) bond motifs is 5. The molecule has 0 fully saturated rings. The molecule has 2 N–H and O–H groups in total. The highest BCUT2D eigenvalue weighted by Gasteiger charge is 2.45. The lowest BCUT2D eigenvalue weighted by Crippen LogP contribution is -2.44. The summed E-state index contributed by atoms with van der Waals surface area (Å²) in [6, 6.07) is 15.1. The van der Waals surface area contributed by atoms with Gasteiger partial charge in [0.1, 0.15) is 13.2 Å². The number of esters is 1. The number of aryl methyl sites for hydroxylation is 2. The highest BCUT2D eigenvalue weighted by molar-refractivity contribution is 5.90. The second-order valence-electron chi connectivity index (χ2n) is 11.3. The van der Waals surface area contributed by atoms with Crippen LogP contribution in [-0.4, -0.2) is 32.8 Å². The van der Waals surface area contributed by atoms with Crippen LogP contribution in [0.15, 0.2) is 53.3 Å². The number of hydrogen-bond acceptors (Lipinski definition) is 7. The standard InChI is InChI=1S/C33H33N3O6/c1-5-33(40)26-14-28-29-24(15-36(28)30(37)25(26)17-41-31(33)38)22(23-11-18(2)19(3)12-27(23)35-29)13-20(4)34-32(39)42-16-21-9-7-6-8-10-21/h6-12,14,20,40H,5,13,15-17H2,1-4H3,(H,34,39)/t20-,33+/m1/s1. The minimum Gasteiger partial charge on any atom is -0.458 e. The van der Waals surface area contributed by atoms with Crippen LogP contribution in [0.4, 0.5) is 4.79 Å². The third kappa shape index (κ3) is 4.54. The van der Waals surface area contributed by atoms with E-state index in [0.29, 0.717) is 17.8 Å². The monoisotopic (exact) mass is 567 g/mol. The van der Waals surface area contributed by atoms with Crippen LogP contribution in [0.25, 0.3) is 22.3 Å². The number of aliphatic hydroxyl groups is 1. The number of pyridine rings is 2. The molecule has 4 aromatic rings. The van der Waals surface area contributed by atoms with Gasteiger partial charge in [0.25, 0.3) is 5.56 Å². The van der Waals surface area contributed by atoms with E-state index in [1.807, 2.05) is 57.2 Å². The molecule has 1 amide bonds. The van der Waals surface area contributed by atoms with E-state index < -0.39 is 17.7 Å². The Balaban J connectivity index is 1.40. The van der Waals surface area contributed by atoms with E-state index in [1.54, 1.807) is 17.6 Å². The number of benzene rings is 2. The molecule has 0 unspecified atom stereocenters. The summed E-state index contributed by atoms with van der Waals surface area (Å²) in [5.74, 6) is -0.752. The fourth-order valence-electron chi connectivity index (χ4n) is 5.98. The molecule has 2 aromatic heterocycles. The summed E-state index contributed by atoms with van der Waals surface area (Å²) in [7, 11) is 0. The van der Waals surface area contributed by atoms with Crippen LogP contribution in [0.5, 0.6) is 0 Å². The second kappa shape index (κ2) is 10.4. The highest BCUT2D eigenvalue weighted by Crippen LogP contribution is 2.40. The van der Waals surface area contributed by atoms with Gasteiger partial charge in [-0.2, -0.15) is 0 Å². The van der Waals surface area contributed by atoms with Gasteiger partial charge in [-0.3, -0.25) is 4.79 Å². The molecular weight excluding hydrogens is 534 g/mol. The Morgan fingerprint density at radius 2 is 1.88 bits per heavy atom. The lowest BCUT2D eigenvalue weighted by molar-refractivity contribution is -0.172. The average Bonchev–Trinajstić information content (AvgIpc) is 3.34. The Hall–Kier alpha value is -4.50. The van der Waals surface area contributed by atoms with Crippen LogP contribution in [0, 0.1) is 13.8 Å². The number of alkyl carbamates (subject to hydrolysis) is 1. The summed E-state index contributed by atoms with van der Waals surface area (Å²) in [5, 5.41) is 15.1. The summed E-state index contributed by atoms with van der Waals surface area (Å²) in [4.78, 5) is 43.9. The number of hydrogen-bond donors (Lipinski definition) is 2. The maximum absolute atomic E-state index is 13.7. The van der Waals surface area contributed by atoms with Crippen LogP contribution >= 0.6 is 0 Å². The van der Waals surface area contributed by atoms with E-state index in [4.69, 9.17) is 14.5 Å². The van der Waals surface area contributed by atoms with Gasteiger partial charge in [-0.15, -0.1) is 0 Å². The maximum Gasteiger partial charge on any atom is 0.407 e. The predicted molar refractivity (Wildman–Crippen MR) is 157 cm³/mol. The van der Waals surface area contributed by atoms with Crippen LogP contribution in [-0.2, 0) is 46.0 Å². The van der Waals surface area contributed by atoms with Crippen LogP contribution in [0.1, 0.15) is 59.2 Å². The third-order valence-corrected chi connectivity index (χ3v) is 8.51. The van der Waals surface area contributed by atoms with Crippen LogP contribution < -0.4 is 10.9 Å². The van der Waals surface area contributed by atoms with E-state index in [9.17, 15) is 19.5 Å². The van der Waals surface area contributed by atoms with Crippen molar-refractivity contribution in [3.8, 4) is 11.4 Å². The molecule has 0 spiro atoms. The van der Waals surface area contributed by atoms with Crippen molar-refractivity contribution in [3.05, 3.63) is 97.8 Å². The molecule has 0 radical (unpaired) electrons. The zero-order valence-electron chi connectivity index (χ0n) is 24.1. The first-order valence-corrected chi connectivity index (χ1v) is 14.2. The van der Waals surface area contributed by atoms with Gasteiger partial charge < -0.3 is 24.5 Å². The average molecular weight is 568 g/mol. The first-order chi connectivity index (χ1) is 20.1. The number of carbonyl (C=O) groups is 2. The molecule has 0 saturated carbocycles. The quantitative estimate of drug-likeness (QED) is 0.289. The van der Waals surface area contributed by atoms with Crippen molar-refractivity contribution in [2.45, 2.75) is 71.9 Å². The SMILES string of the molecule is CC[C@@]1(O)C(=O)OCc2c1cc1n(c2=O)Cc2c-1nc1cc(C)c(C)cc1c2C[C@@H](C)NC(=O)OCc1ccccc1. The molecule has 9 nitrogen and oxygen atoms in total. The Morgan fingerprint density at radius 3 is 2.62 bits per heavy atom. The van der Waals surface area contributed by atoms with E-state index in [-0.39, 0.29) is 48.9 Å². The van der Waals surface area contributed by atoms with Gasteiger partial charge in [0.2, 0.25) is 0 Å². The lowest BCUT2D eigenvalue weighted by Gasteiger charge is -2.31. The first-order valence-electron chi connectivity index (χ1n) is 14.2. The maximum atomic E-state index is 13.7. The van der Waals surface area contributed by atoms with Crippen molar-refractivity contribution in [1.29, 1.82) is 0 Å². The van der Waals surface area contributed by atoms with Gasteiger partial charge in [0.05, 0.1) is 29.0 Å². The molecule has 9 heteroatoms. The normalized spacial score (nSPS) is 17.7. The molecule has 2 aliphatic heterocycles.